The van der Waals surface area contributed by atoms with Crippen molar-refractivity contribution in [1.82, 2.24) is 9.47 Å². The van der Waals surface area contributed by atoms with Crippen molar-refractivity contribution in [2.75, 3.05) is 13.2 Å². The molecule has 1 amide bonds. The van der Waals surface area contributed by atoms with Crippen LogP contribution < -0.4 is 4.74 Å². The second-order valence-electron chi connectivity index (χ2n) is 8.73. The van der Waals surface area contributed by atoms with Crippen LogP contribution in [0.3, 0.4) is 0 Å². The summed E-state index contributed by atoms with van der Waals surface area (Å²) in [4.78, 5) is 15.1. The van der Waals surface area contributed by atoms with Crippen LogP contribution in [0.15, 0.2) is 66.9 Å². The second kappa shape index (κ2) is 8.19. The maximum Gasteiger partial charge on any atom is 0.261 e. The predicted octanol–water partition coefficient (Wildman–Crippen LogP) is 5.45. The van der Waals surface area contributed by atoms with Crippen LogP contribution in [0, 0.1) is 0 Å². The molecule has 1 aromatic heterocycles. The number of halogens is 1. The molecule has 4 nitrogen and oxygen atoms in total. The summed E-state index contributed by atoms with van der Waals surface area (Å²) >= 11 is 5.93. The van der Waals surface area contributed by atoms with Gasteiger partial charge in [0.05, 0.1) is 6.04 Å². The molecule has 0 saturated heterocycles. The number of nitrogens with zero attached hydrogens (tertiary/aromatic N) is 2. The van der Waals surface area contributed by atoms with E-state index in [9.17, 15) is 4.79 Å². The van der Waals surface area contributed by atoms with E-state index in [1.165, 1.54) is 5.56 Å². The lowest BCUT2D eigenvalue weighted by Gasteiger charge is -2.37. The molecule has 3 aromatic rings. The van der Waals surface area contributed by atoms with Gasteiger partial charge in [0.15, 0.2) is 6.61 Å². The van der Waals surface area contributed by atoms with Crippen LogP contribution in [0.5, 0.6) is 5.75 Å². The van der Waals surface area contributed by atoms with Crippen LogP contribution in [-0.4, -0.2) is 28.5 Å². The standard InChI is InChI=1S/C25H27ClN2O2/c1-25(2,3)19-8-6-18(7-9-19)24-22-5-4-14-27(22)15-16-28(24)23(29)17-30-21-12-10-20(26)11-13-21/h4-14,24H,15-17H2,1-3H3. The number of hydrogen-bond donors (Lipinski definition) is 0. The topological polar surface area (TPSA) is 34.5 Å². The summed E-state index contributed by atoms with van der Waals surface area (Å²) in [6.07, 6.45) is 2.08. The number of benzene rings is 2. The zero-order valence-corrected chi connectivity index (χ0v) is 18.4. The highest BCUT2D eigenvalue weighted by Gasteiger charge is 2.32. The normalized spacial score (nSPS) is 16.3. The first-order valence-corrected chi connectivity index (χ1v) is 10.6. The molecule has 2 aromatic carbocycles. The molecule has 1 atom stereocenters. The maximum absolute atomic E-state index is 13.1. The Morgan fingerprint density at radius 3 is 2.40 bits per heavy atom. The number of hydrogen-bond acceptors (Lipinski definition) is 2. The molecule has 1 unspecified atom stereocenters. The first-order chi connectivity index (χ1) is 14.3. The van der Waals surface area contributed by atoms with Crippen LogP contribution in [0.2, 0.25) is 5.02 Å². The van der Waals surface area contributed by atoms with Crippen molar-refractivity contribution < 1.29 is 9.53 Å². The Balaban J connectivity index is 1.58. The summed E-state index contributed by atoms with van der Waals surface area (Å²) < 4.78 is 7.97. The summed E-state index contributed by atoms with van der Waals surface area (Å²) in [6.45, 7) is 8.05. The van der Waals surface area contributed by atoms with Gasteiger partial charge in [-0.2, -0.15) is 0 Å². The number of amides is 1. The first-order valence-electron chi connectivity index (χ1n) is 10.3. The van der Waals surface area contributed by atoms with Gasteiger partial charge in [-0.15, -0.1) is 0 Å². The molecule has 30 heavy (non-hydrogen) atoms. The lowest BCUT2D eigenvalue weighted by molar-refractivity contribution is -0.136. The van der Waals surface area contributed by atoms with Crippen molar-refractivity contribution >= 4 is 17.5 Å². The Labute approximate surface area is 183 Å². The molecule has 1 aliphatic heterocycles. The van der Waals surface area contributed by atoms with Gasteiger partial charge < -0.3 is 14.2 Å². The minimum absolute atomic E-state index is 0.00108. The van der Waals surface area contributed by atoms with E-state index in [4.69, 9.17) is 16.3 Å². The van der Waals surface area contributed by atoms with E-state index in [1.807, 2.05) is 11.0 Å². The Morgan fingerprint density at radius 1 is 1.03 bits per heavy atom. The average molecular weight is 423 g/mol. The molecule has 5 heteroatoms. The Bertz CT molecular complexity index is 1020. The number of carbonyl (C=O) groups excluding carboxylic acids is 1. The molecular weight excluding hydrogens is 396 g/mol. The zero-order valence-electron chi connectivity index (χ0n) is 17.6. The fraction of sp³-hybridized carbons (Fsp3) is 0.320. The van der Waals surface area contributed by atoms with Crippen LogP contribution in [-0.2, 0) is 16.8 Å². The SMILES string of the molecule is CC(C)(C)c1ccc(C2c3cccn3CCN2C(=O)COc2ccc(Cl)cc2)cc1. The van der Waals surface area contributed by atoms with Crippen molar-refractivity contribution in [2.45, 2.75) is 38.8 Å². The van der Waals surface area contributed by atoms with E-state index in [-0.39, 0.29) is 24.0 Å². The van der Waals surface area contributed by atoms with E-state index in [2.05, 4.69) is 61.9 Å². The van der Waals surface area contributed by atoms with E-state index >= 15 is 0 Å². The summed E-state index contributed by atoms with van der Waals surface area (Å²) in [7, 11) is 0. The predicted molar refractivity (Wildman–Crippen MR) is 120 cm³/mol. The monoisotopic (exact) mass is 422 g/mol. The summed E-state index contributed by atoms with van der Waals surface area (Å²) in [5, 5.41) is 0.643. The van der Waals surface area contributed by atoms with Gasteiger partial charge in [0, 0.05) is 30.0 Å². The van der Waals surface area contributed by atoms with Crippen LogP contribution in [0.4, 0.5) is 0 Å². The van der Waals surface area contributed by atoms with E-state index < -0.39 is 0 Å². The molecule has 4 rings (SSSR count). The van der Waals surface area contributed by atoms with Crippen molar-refractivity contribution in [3.05, 3.63) is 88.7 Å². The van der Waals surface area contributed by atoms with Gasteiger partial charge in [-0.05, 0) is 52.9 Å². The molecule has 0 spiro atoms. The van der Waals surface area contributed by atoms with Crippen molar-refractivity contribution in [3.63, 3.8) is 0 Å². The lowest BCUT2D eigenvalue weighted by Crippen LogP contribution is -2.44. The molecular formula is C25H27ClN2O2. The largest absolute Gasteiger partial charge is 0.484 e. The first kappa shape index (κ1) is 20.5. The second-order valence-corrected chi connectivity index (χ2v) is 9.17. The lowest BCUT2D eigenvalue weighted by atomic mass is 9.86. The van der Waals surface area contributed by atoms with Gasteiger partial charge in [-0.1, -0.05) is 56.6 Å². The third-order valence-corrected chi connectivity index (χ3v) is 5.88. The molecule has 0 N–H and O–H groups in total. The number of fused-ring (bicyclic) bond motifs is 1. The van der Waals surface area contributed by atoms with Gasteiger partial charge in [0.25, 0.3) is 5.91 Å². The van der Waals surface area contributed by atoms with Crippen molar-refractivity contribution in [2.24, 2.45) is 0 Å². The fourth-order valence-corrected chi connectivity index (χ4v) is 4.05. The fourth-order valence-electron chi connectivity index (χ4n) is 3.93. The van der Waals surface area contributed by atoms with Gasteiger partial charge >= 0.3 is 0 Å². The van der Waals surface area contributed by atoms with Gasteiger partial charge in [-0.3, -0.25) is 4.79 Å². The van der Waals surface area contributed by atoms with Crippen molar-refractivity contribution in [1.29, 1.82) is 0 Å². The number of aromatic nitrogens is 1. The average Bonchev–Trinajstić information content (AvgIpc) is 3.21. The summed E-state index contributed by atoms with van der Waals surface area (Å²) in [5.74, 6) is 0.613. The third-order valence-electron chi connectivity index (χ3n) is 5.63. The van der Waals surface area contributed by atoms with Crippen molar-refractivity contribution in [3.8, 4) is 5.75 Å². The quantitative estimate of drug-likeness (QED) is 0.560. The Kier molecular flexibility index (Phi) is 5.61. The van der Waals surface area contributed by atoms with E-state index in [0.717, 1.165) is 17.8 Å². The molecule has 156 valence electrons. The highest BCUT2D eigenvalue weighted by Crippen LogP contribution is 2.34. The van der Waals surface area contributed by atoms with E-state index in [1.54, 1.807) is 24.3 Å². The maximum atomic E-state index is 13.1. The van der Waals surface area contributed by atoms with Crippen LogP contribution in [0.25, 0.3) is 0 Å². The highest BCUT2D eigenvalue weighted by molar-refractivity contribution is 6.30. The molecule has 2 heterocycles. The smallest absolute Gasteiger partial charge is 0.261 e. The van der Waals surface area contributed by atoms with E-state index in [0.29, 0.717) is 17.3 Å². The summed E-state index contributed by atoms with van der Waals surface area (Å²) in [6, 6.07) is 19.7. The zero-order chi connectivity index (χ0) is 21.3. The number of ether oxygens (including phenoxy) is 1. The minimum Gasteiger partial charge on any atom is -0.484 e. The minimum atomic E-state index is -0.121. The number of carbonyl (C=O) groups is 1. The highest BCUT2D eigenvalue weighted by atomic mass is 35.5. The molecule has 1 aliphatic rings. The van der Waals surface area contributed by atoms with Crippen LogP contribution >= 0.6 is 11.6 Å². The molecule has 0 bridgehead atoms. The van der Waals surface area contributed by atoms with Gasteiger partial charge in [0.1, 0.15) is 5.75 Å². The summed E-state index contributed by atoms with van der Waals surface area (Å²) in [5.41, 5.74) is 3.61. The Hall–Kier alpha value is -2.72. The molecule has 0 aliphatic carbocycles. The Morgan fingerprint density at radius 2 is 1.73 bits per heavy atom. The van der Waals surface area contributed by atoms with Gasteiger partial charge in [-0.25, -0.2) is 0 Å². The third kappa shape index (κ3) is 4.24. The van der Waals surface area contributed by atoms with Gasteiger partial charge in [0.2, 0.25) is 0 Å². The molecule has 0 radical (unpaired) electrons. The molecule has 0 saturated carbocycles. The van der Waals surface area contributed by atoms with Crippen LogP contribution in [0.1, 0.15) is 43.6 Å². The number of rotatable bonds is 4. The molecule has 0 fully saturated rings.